The van der Waals surface area contributed by atoms with Crippen molar-refractivity contribution in [2.45, 2.75) is 84.3 Å². The van der Waals surface area contributed by atoms with E-state index in [0.717, 1.165) is 56.7 Å². The van der Waals surface area contributed by atoms with Crippen LogP contribution in [0.4, 0.5) is 0 Å². The van der Waals surface area contributed by atoms with Crippen LogP contribution in [0.1, 0.15) is 82.6 Å². The second kappa shape index (κ2) is 11.6. The van der Waals surface area contributed by atoms with E-state index in [1.807, 2.05) is 19.2 Å². The Bertz CT molecular complexity index is 946. The van der Waals surface area contributed by atoms with Crippen molar-refractivity contribution in [3.8, 4) is 5.88 Å². The van der Waals surface area contributed by atoms with E-state index in [2.05, 4.69) is 40.7 Å². The van der Waals surface area contributed by atoms with Gasteiger partial charge in [-0.2, -0.15) is 10.1 Å². The molecule has 2 saturated heterocycles. The number of hydrogen-bond donors (Lipinski definition) is 0. The van der Waals surface area contributed by atoms with Gasteiger partial charge in [-0.15, -0.1) is 0 Å². The lowest BCUT2D eigenvalue weighted by atomic mass is 9.90. The molecule has 7 heteroatoms. The van der Waals surface area contributed by atoms with Crippen LogP contribution < -0.4 is 4.74 Å². The number of likely N-dealkylation sites (tertiary alicyclic amines) is 2. The largest absolute Gasteiger partial charge is 0.474 e. The van der Waals surface area contributed by atoms with Gasteiger partial charge in [0, 0.05) is 38.7 Å². The van der Waals surface area contributed by atoms with Gasteiger partial charge in [0.15, 0.2) is 11.4 Å². The zero-order valence-corrected chi connectivity index (χ0v) is 21.6. The summed E-state index contributed by atoms with van der Waals surface area (Å²) in [6.45, 7) is 12.4. The molecule has 0 spiro atoms. The Labute approximate surface area is 204 Å². The summed E-state index contributed by atoms with van der Waals surface area (Å²) in [6.07, 6.45) is 8.89. The Hall–Kier alpha value is -1.99. The van der Waals surface area contributed by atoms with E-state index in [9.17, 15) is 4.79 Å². The molecule has 0 aliphatic carbocycles. The van der Waals surface area contributed by atoms with Crippen LogP contribution in [0.5, 0.6) is 5.88 Å². The molecule has 4 rings (SSSR count). The first-order valence-corrected chi connectivity index (χ1v) is 13.5. The number of ketones is 1. The van der Waals surface area contributed by atoms with Crippen LogP contribution in [0, 0.1) is 5.92 Å². The number of rotatable bonds is 10. The molecule has 2 aromatic heterocycles. The zero-order chi connectivity index (χ0) is 24.1. The molecule has 0 radical (unpaired) electrons. The van der Waals surface area contributed by atoms with E-state index in [4.69, 9.17) is 4.74 Å². The Kier molecular flexibility index (Phi) is 8.59. The minimum Gasteiger partial charge on any atom is -0.474 e. The fraction of sp³-hybridized carbons (Fsp3) is 0.741. The Morgan fingerprint density at radius 1 is 1.09 bits per heavy atom. The van der Waals surface area contributed by atoms with Crippen molar-refractivity contribution in [2.75, 3.05) is 32.7 Å². The first kappa shape index (κ1) is 25.1. The molecule has 34 heavy (non-hydrogen) atoms. The molecule has 1 unspecified atom stereocenters. The standard InChI is InChI=1S/C27H43N5O2/c1-5-22(6-2)34-25-11-10-23-26(29-30(4)27(23)28-25)24(33)19-21-12-15-31(16-13-21)17-18-32-14-8-7-9-20(32)3/h10-11,20-22H,5-9,12-19H2,1-4H3. The first-order valence-electron chi connectivity index (χ1n) is 13.5. The normalized spacial score (nSPS) is 20.9. The molecule has 2 aliphatic heterocycles. The molecular weight excluding hydrogens is 426 g/mol. The van der Waals surface area contributed by atoms with Gasteiger partial charge in [0.05, 0.1) is 11.5 Å². The van der Waals surface area contributed by atoms with E-state index >= 15 is 0 Å². The summed E-state index contributed by atoms with van der Waals surface area (Å²) >= 11 is 0. The third-order valence-corrected chi connectivity index (χ3v) is 7.95. The van der Waals surface area contributed by atoms with Crippen molar-refractivity contribution >= 4 is 16.8 Å². The average Bonchev–Trinajstić information content (AvgIpc) is 3.19. The summed E-state index contributed by atoms with van der Waals surface area (Å²) in [7, 11) is 1.86. The van der Waals surface area contributed by atoms with Gasteiger partial charge < -0.3 is 9.64 Å². The summed E-state index contributed by atoms with van der Waals surface area (Å²) in [5.74, 6) is 1.19. The third-order valence-electron chi connectivity index (χ3n) is 7.95. The van der Waals surface area contributed by atoms with Crippen molar-refractivity contribution in [1.29, 1.82) is 0 Å². The molecule has 2 aromatic rings. The lowest BCUT2D eigenvalue weighted by Crippen LogP contribution is -2.44. The molecule has 0 amide bonds. The van der Waals surface area contributed by atoms with Crippen molar-refractivity contribution in [1.82, 2.24) is 24.6 Å². The highest BCUT2D eigenvalue weighted by atomic mass is 16.5. The number of carbonyl (C=O) groups excluding carboxylic acids is 1. The highest BCUT2D eigenvalue weighted by molar-refractivity contribution is 6.05. The molecule has 0 N–H and O–H groups in total. The van der Waals surface area contributed by atoms with Crippen LogP contribution in [0.25, 0.3) is 11.0 Å². The summed E-state index contributed by atoms with van der Waals surface area (Å²) in [5.41, 5.74) is 1.27. The molecular formula is C27H43N5O2. The van der Waals surface area contributed by atoms with E-state index in [1.54, 1.807) is 4.68 Å². The second-order valence-corrected chi connectivity index (χ2v) is 10.3. The summed E-state index contributed by atoms with van der Waals surface area (Å²) < 4.78 is 7.71. The molecule has 2 fully saturated rings. The fourth-order valence-electron chi connectivity index (χ4n) is 5.54. The molecule has 2 aliphatic rings. The van der Waals surface area contributed by atoms with Crippen molar-refractivity contribution in [3.05, 3.63) is 17.8 Å². The minimum atomic E-state index is 0.140. The number of aromatic nitrogens is 3. The maximum absolute atomic E-state index is 13.2. The highest BCUT2D eigenvalue weighted by Crippen LogP contribution is 2.26. The molecule has 0 saturated carbocycles. The van der Waals surface area contributed by atoms with Crippen molar-refractivity contribution in [2.24, 2.45) is 13.0 Å². The van der Waals surface area contributed by atoms with Crippen LogP contribution in [0.15, 0.2) is 12.1 Å². The number of carbonyl (C=O) groups is 1. The van der Waals surface area contributed by atoms with E-state index in [0.29, 0.717) is 29.6 Å². The zero-order valence-electron chi connectivity index (χ0n) is 21.6. The number of aryl methyl sites for hydroxylation is 1. The number of Topliss-reactive ketones (excluding diaryl/α,β-unsaturated/α-hetero) is 1. The maximum atomic E-state index is 13.2. The SMILES string of the molecule is CCC(CC)Oc1ccc2c(C(=O)CC3CCN(CCN4CCCCC4C)CC3)nn(C)c2n1. The number of ether oxygens (including phenoxy) is 1. The Morgan fingerprint density at radius 3 is 2.56 bits per heavy atom. The van der Waals surface area contributed by atoms with E-state index in [-0.39, 0.29) is 11.9 Å². The topological polar surface area (TPSA) is 63.5 Å². The van der Waals surface area contributed by atoms with Gasteiger partial charge in [-0.05, 0) is 77.1 Å². The van der Waals surface area contributed by atoms with Gasteiger partial charge in [-0.1, -0.05) is 20.3 Å². The second-order valence-electron chi connectivity index (χ2n) is 10.3. The lowest BCUT2D eigenvalue weighted by Gasteiger charge is -2.37. The predicted octanol–water partition coefficient (Wildman–Crippen LogP) is 4.69. The number of pyridine rings is 1. The van der Waals surface area contributed by atoms with Crippen LogP contribution in [-0.2, 0) is 7.05 Å². The van der Waals surface area contributed by atoms with Gasteiger partial charge in [-0.3, -0.25) is 9.69 Å². The lowest BCUT2D eigenvalue weighted by molar-refractivity contribution is 0.0900. The molecule has 4 heterocycles. The molecule has 188 valence electrons. The van der Waals surface area contributed by atoms with Gasteiger partial charge in [0.25, 0.3) is 0 Å². The molecule has 0 aromatic carbocycles. The van der Waals surface area contributed by atoms with E-state index < -0.39 is 0 Å². The summed E-state index contributed by atoms with van der Waals surface area (Å²) in [5, 5.41) is 5.38. The Balaban J connectivity index is 1.30. The van der Waals surface area contributed by atoms with Crippen molar-refractivity contribution < 1.29 is 9.53 Å². The third kappa shape index (κ3) is 5.98. The van der Waals surface area contributed by atoms with Crippen LogP contribution in [-0.4, -0.2) is 75.2 Å². The van der Waals surface area contributed by atoms with Crippen molar-refractivity contribution in [3.63, 3.8) is 0 Å². The quantitative estimate of drug-likeness (QED) is 0.470. The first-order chi connectivity index (χ1) is 16.5. The monoisotopic (exact) mass is 469 g/mol. The Morgan fingerprint density at radius 2 is 1.85 bits per heavy atom. The number of fused-ring (bicyclic) bond motifs is 1. The average molecular weight is 470 g/mol. The number of piperidine rings is 2. The number of hydrogen-bond acceptors (Lipinski definition) is 6. The van der Waals surface area contributed by atoms with Crippen LogP contribution in [0.2, 0.25) is 0 Å². The molecule has 0 bridgehead atoms. The van der Waals surface area contributed by atoms with Gasteiger partial charge >= 0.3 is 0 Å². The van der Waals surface area contributed by atoms with Crippen LogP contribution in [0.3, 0.4) is 0 Å². The fourth-order valence-corrected chi connectivity index (χ4v) is 5.54. The molecule has 1 atom stereocenters. The maximum Gasteiger partial charge on any atom is 0.215 e. The smallest absolute Gasteiger partial charge is 0.215 e. The minimum absolute atomic E-state index is 0.140. The predicted molar refractivity (Wildman–Crippen MR) is 137 cm³/mol. The van der Waals surface area contributed by atoms with Crippen LogP contribution >= 0.6 is 0 Å². The van der Waals surface area contributed by atoms with Gasteiger partial charge in [0.1, 0.15) is 5.69 Å². The van der Waals surface area contributed by atoms with Gasteiger partial charge in [-0.25, -0.2) is 4.68 Å². The summed E-state index contributed by atoms with van der Waals surface area (Å²) in [4.78, 5) is 23.1. The molecule has 7 nitrogen and oxygen atoms in total. The van der Waals surface area contributed by atoms with Gasteiger partial charge in [0.2, 0.25) is 5.88 Å². The summed E-state index contributed by atoms with van der Waals surface area (Å²) in [6, 6.07) is 4.56. The van der Waals surface area contributed by atoms with E-state index in [1.165, 1.54) is 32.4 Å². The number of nitrogens with zero attached hydrogens (tertiary/aromatic N) is 5. The highest BCUT2D eigenvalue weighted by Gasteiger charge is 2.26.